The highest BCUT2D eigenvalue weighted by Crippen LogP contribution is 2.28. The first-order valence-electron chi connectivity index (χ1n) is 9.14. The molecule has 1 radical (unpaired) electrons. The van der Waals surface area contributed by atoms with E-state index in [0.717, 1.165) is 17.5 Å². The SMILES string of the molecule is O=c1ccc2c([C@@H](O)CNCCc3ccc(-c4n[c]on4)cc3)ccc(O)c2[nH]1. The molecule has 0 bridgehead atoms. The molecule has 0 saturated carbocycles. The van der Waals surface area contributed by atoms with E-state index in [0.29, 0.717) is 35.4 Å². The lowest BCUT2D eigenvalue weighted by Gasteiger charge is -2.15. The van der Waals surface area contributed by atoms with E-state index >= 15 is 0 Å². The molecule has 1 atom stereocenters. The lowest BCUT2D eigenvalue weighted by atomic mass is 10.0. The van der Waals surface area contributed by atoms with Gasteiger partial charge in [-0.05, 0) is 36.2 Å². The van der Waals surface area contributed by atoms with Crippen LogP contribution in [-0.4, -0.2) is 38.4 Å². The van der Waals surface area contributed by atoms with Crippen molar-refractivity contribution in [1.82, 2.24) is 20.4 Å². The Balaban J connectivity index is 1.35. The van der Waals surface area contributed by atoms with Gasteiger partial charge in [-0.3, -0.25) is 4.79 Å². The number of rotatable bonds is 7. The second kappa shape index (κ2) is 8.26. The summed E-state index contributed by atoms with van der Waals surface area (Å²) in [5.74, 6) is 0.476. The van der Waals surface area contributed by atoms with Crippen molar-refractivity contribution in [2.75, 3.05) is 13.1 Å². The molecule has 4 N–H and O–H groups in total. The van der Waals surface area contributed by atoms with E-state index < -0.39 is 6.10 Å². The Labute approximate surface area is 165 Å². The molecule has 0 aliphatic carbocycles. The van der Waals surface area contributed by atoms with Gasteiger partial charge in [0, 0.05) is 23.6 Å². The first kappa shape index (κ1) is 18.9. The van der Waals surface area contributed by atoms with Gasteiger partial charge in [0.2, 0.25) is 11.4 Å². The van der Waals surface area contributed by atoms with Crippen LogP contribution in [0.2, 0.25) is 0 Å². The topological polar surface area (TPSA) is 124 Å². The van der Waals surface area contributed by atoms with Crippen molar-refractivity contribution in [1.29, 1.82) is 0 Å². The molecular formula is C21H19N4O4. The van der Waals surface area contributed by atoms with Crippen LogP contribution in [0.25, 0.3) is 22.3 Å². The van der Waals surface area contributed by atoms with Gasteiger partial charge in [0.25, 0.3) is 0 Å². The van der Waals surface area contributed by atoms with Gasteiger partial charge in [0.1, 0.15) is 5.75 Å². The summed E-state index contributed by atoms with van der Waals surface area (Å²) in [5.41, 5.74) is 2.66. The van der Waals surface area contributed by atoms with Crippen molar-refractivity contribution >= 4 is 10.9 Å². The van der Waals surface area contributed by atoms with E-state index in [1.165, 1.54) is 12.1 Å². The van der Waals surface area contributed by atoms with Gasteiger partial charge in [0.15, 0.2) is 0 Å². The molecule has 2 aromatic heterocycles. The predicted octanol–water partition coefficient (Wildman–Crippen LogP) is 1.95. The highest BCUT2D eigenvalue weighted by molar-refractivity contribution is 5.87. The first-order valence-corrected chi connectivity index (χ1v) is 9.14. The minimum Gasteiger partial charge on any atom is -0.506 e. The molecule has 0 spiro atoms. The molecule has 147 valence electrons. The Hall–Kier alpha value is -3.49. The average Bonchev–Trinajstić information content (AvgIpc) is 3.27. The number of hydrogen-bond acceptors (Lipinski definition) is 7. The fourth-order valence-corrected chi connectivity index (χ4v) is 3.22. The highest BCUT2D eigenvalue weighted by Gasteiger charge is 2.13. The first-order chi connectivity index (χ1) is 14.1. The third-order valence-corrected chi connectivity index (χ3v) is 4.73. The van der Waals surface area contributed by atoms with E-state index in [2.05, 4.69) is 31.4 Å². The van der Waals surface area contributed by atoms with Gasteiger partial charge in [-0.2, -0.15) is 4.98 Å². The number of aromatic amines is 1. The largest absolute Gasteiger partial charge is 0.506 e. The van der Waals surface area contributed by atoms with Crippen LogP contribution in [0.4, 0.5) is 0 Å². The van der Waals surface area contributed by atoms with Crippen LogP contribution in [0, 0.1) is 6.39 Å². The number of aliphatic hydroxyl groups excluding tert-OH is 1. The summed E-state index contributed by atoms with van der Waals surface area (Å²) in [4.78, 5) is 18.0. The molecule has 0 fully saturated rings. The monoisotopic (exact) mass is 391 g/mol. The normalized spacial score (nSPS) is 12.3. The zero-order chi connectivity index (χ0) is 20.2. The Morgan fingerprint density at radius 3 is 2.72 bits per heavy atom. The molecule has 0 saturated heterocycles. The Bertz CT molecular complexity index is 1150. The number of phenols is 1. The molecule has 0 unspecified atom stereocenters. The minimum atomic E-state index is -0.777. The van der Waals surface area contributed by atoms with Gasteiger partial charge in [-0.15, -0.1) is 0 Å². The molecule has 0 amide bonds. The molecule has 8 heteroatoms. The summed E-state index contributed by atoms with van der Waals surface area (Å²) in [7, 11) is 0. The number of hydrogen-bond donors (Lipinski definition) is 4. The number of aromatic nitrogens is 3. The van der Waals surface area contributed by atoms with Crippen LogP contribution in [0.5, 0.6) is 5.75 Å². The fourth-order valence-electron chi connectivity index (χ4n) is 3.22. The summed E-state index contributed by atoms with van der Waals surface area (Å²) in [5, 5.41) is 28.1. The van der Waals surface area contributed by atoms with Gasteiger partial charge in [-0.1, -0.05) is 35.5 Å². The Kier molecular flexibility index (Phi) is 5.37. The van der Waals surface area contributed by atoms with E-state index in [-0.39, 0.29) is 11.3 Å². The molecule has 29 heavy (non-hydrogen) atoms. The highest BCUT2D eigenvalue weighted by atomic mass is 16.5. The van der Waals surface area contributed by atoms with E-state index in [1.807, 2.05) is 24.3 Å². The Morgan fingerprint density at radius 1 is 1.14 bits per heavy atom. The number of aromatic hydroxyl groups is 1. The van der Waals surface area contributed by atoms with Crippen LogP contribution < -0.4 is 10.9 Å². The second-order valence-corrected chi connectivity index (χ2v) is 6.66. The van der Waals surface area contributed by atoms with Gasteiger partial charge >= 0.3 is 6.39 Å². The number of H-pyrrole nitrogens is 1. The molecule has 2 heterocycles. The van der Waals surface area contributed by atoms with Crippen LogP contribution in [0.15, 0.2) is 57.8 Å². The van der Waals surface area contributed by atoms with Crippen molar-refractivity contribution < 1.29 is 14.7 Å². The lowest BCUT2D eigenvalue weighted by Crippen LogP contribution is -2.24. The summed E-state index contributed by atoms with van der Waals surface area (Å²) in [6, 6.07) is 14.0. The summed E-state index contributed by atoms with van der Waals surface area (Å²) in [6.45, 7) is 1.02. The van der Waals surface area contributed by atoms with Crippen molar-refractivity contribution in [3.63, 3.8) is 0 Å². The van der Waals surface area contributed by atoms with Crippen molar-refractivity contribution in [2.24, 2.45) is 0 Å². The lowest BCUT2D eigenvalue weighted by molar-refractivity contribution is 0.176. The Morgan fingerprint density at radius 2 is 1.97 bits per heavy atom. The zero-order valence-corrected chi connectivity index (χ0v) is 15.4. The van der Waals surface area contributed by atoms with Crippen LogP contribution in [0.3, 0.4) is 0 Å². The van der Waals surface area contributed by atoms with Gasteiger partial charge < -0.3 is 25.0 Å². The summed E-state index contributed by atoms with van der Waals surface area (Å²) in [6.07, 6.45) is 2.33. The molecule has 0 aliphatic rings. The van der Waals surface area contributed by atoms with E-state index in [4.69, 9.17) is 0 Å². The maximum absolute atomic E-state index is 11.5. The predicted molar refractivity (Wildman–Crippen MR) is 106 cm³/mol. The number of aliphatic hydroxyl groups is 1. The fraction of sp³-hybridized carbons (Fsp3) is 0.190. The quantitative estimate of drug-likeness (QED) is 0.355. The number of nitrogens with zero attached hydrogens (tertiary/aromatic N) is 2. The third kappa shape index (κ3) is 4.18. The molecular weight excluding hydrogens is 372 g/mol. The molecule has 4 aromatic rings. The van der Waals surface area contributed by atoms with E-state index in [1.54, 1.807) is 12.1 Å². The standard InChI is InChI=1S/C21H19N4O4/c26-17-7-5-15(16-6-8-19(28)24-20(16)17)18(27)11-22-10-9-13-1-3-14(4-2-13)21-23-12-29-25-21/h1-8,18,22,26-27H,9-11H2,(H,24,28)/t18-/m0/s1. The zero-order valence-electron chi connectivity index (χ0n) is 15.4. The smallest absolute Gasteiger partial charge is 0.316 e. The molecule has 2 aromatic carbocycles. The third-order valence-electron chi connectivity index (χ3n) is 4.73. The summed E-state index contributed by atoms with van der Waals surface area (Å²) >= 11 is 0. The maximum atomic E-state index is 11.5. The van der Waals surface area contributed by atoms with Crippen molar-refractivity contribution in [3.05, 3.63) is 76.4 Å². The van der Waals surface area contributed by atoms with Gasteiger partial charge in [0.05, 0.1) is 11.6 Å². The maximum Gasteiger partial charge on any atom is 0.316 e. The molecule has 8 nitrogen and oxygen atoms in total. The van der Waals surface area contributed by atoms with Gasteiger partial charge in [-0.25, -0.2) is 0 Å². The van der Waals surface area contributed by atoms with Crippen LogP contribution >= 0.6 is 0 Å². The van der Waals surface area contributed by atoms with Crippen LogP contribution in [0.1, 0.15) is 17.2 Å². The number of benzene rings is 2. The minimum absolute atomic E-state index is 0.0243. The molecule has 0 aliphatic heterocycles. The number of pyridine rings is 1. The number of fused-ring (bicyclic) bond motifs is 1. The van der Waals surface area contributed by atoms with Crippen molar-refractivity contribution in [3.8, 4) is 17.1 Å². The van der Waals surface area contributed by atoms with E-state index in [9.17, 15) is 15.0 Å². The number of phenolic OH excluding ortho intramolecular Hbond substituents is 1. The summed E-state index contributed by atoms with van der Waals surface area (Å²) < 4.78 is 4.63. The second-order valence-electron chi connectivity index (χ2n) is 6.66. The number of nitrogens with one attached hydrogen (secondary N) is 2. The molecule has 4 rings (SSSR count). The average molecular weight is 391 g/mol. The van der Waals surface area contributed by atoms with Crippen molar-refractivity contribution in [2.45, 2.75) is 12.5 Å². The van der Waals surface area contributed by atoms with Crippen LogP contribution in [-0.2, 0) is 6.42 Å².